The quantitative estimate of drug-likeness (QED) is 0.378. The van der Waals surface area contributed by atoms with E-state index < -0.39 is 44.0 Å². The summed E-state index contributed by atoms with van der Waals surface area (Å²) in [6, 6.07) is 10.7. The van der Waals surface area contributed by atoms with Crippen molar-refractivity contribution in [3.05, 3.63) is 81.9 Å². The van der Waals surface area contributed by atoms with Crippen molar-refractivity contribution in [3.63, 3.8) is 0 Å². The number of sulfonamides is 1. The van der Waals surface area contributed by atoms with Gasteiger partial charge in [0, 0.05) is 10.7 Å². The van der Waals surface area contributed by atoms with Crippen molar-refractivity contribution in [2.24, 2.45) is 0 Å². The van der Waals surface area contributed by atoms with Gasteiger partial charge in [-0.3, -0.25) is 9.52 Å². The molecule has 0 aliphatic rings. The third kappa shape index (κ3) is 5.63. The highest BCUT2D eigenvalue weighted by molar-refractivity contribution is 7.92. The predicted molar refractivity (Wildman–Crippen MR) is 124 cm³/mol. The van der Waals surface area contributed by atoms with Gasteiger partial charge in [0.1, 0.15) is 10.6 Å². The highest BCUT2D eigenvalue weighted by atomic mass is 35.5. The Morgan fingerprint density at radius 2 is 1.71 bits per heavy atom. The maximum absolute atomic E-state index is 13.3. The lowest BCUT2D eigenvalue weighted by Crippen LogP contribution is -2.20. The van der Waals surface area contributed by atoms with E-state index in [0.717, 1.165) is 17.7 Å². The molecule has 0 aliphatic heterocycles. The Labute approximate surface area is 199 Å². The van der Waals surface area contributed by atoms with Crippen LogP contribution in [0.3, 0.4) is 0 Å². The van der Waals surface area contributed by atoms with Gasteiger partial charge in [-0.1, -0.05) is 36.2 Å². The summed E-state index contributed by atoms with van der Waals surface area (Å²) in [6.07, 6.45) is -4.46. The largest absolute Gasteiger partial charge is 0.507 e. The van der Waals surface area contributed by atoms with Crippen LogP contribution < -0.4 is 10.0 Å². The van der Waals surface area contributed by atoms with Gasteiger partial charge in [0.05, 0.1) is 16.8 Å². The molecule has 0 heterocycles. The lowest BCUT2D eigenvalue weighted by atomic mass is 10.1. The molecule has 6 nitrogen and oxygen atoms in total. The van der Waals surface area contributed by atoms with Crippen LogP contribution in [0.15, 0.2) is 59.5 Å². The van der Waals surface area contributed by atoms with Crippen LogP contribution in [0.25, 0.3) is 0 Å². The molecule has 3 N–H and O–H groups in total. The number of aromatic hydroxyl groups is 1. The number of nitrogens with one attached hydrogen (secondary N) is 2. The normalized spacial score (nSPS) is 11.8. The number of aryl methyl sites for hydroxylation is 2. The smallest absolute Gasteiger partial charge is 0.416 e. The Balaban J connectivity index is 2.07. The molecule has 3 aromatic rings. The van der Waals surface area contributed by atoms with Gasteiger partial charge in [-0.15, -0.1) is 0 Å². The summed E-state index contributed by atoms with van der Waals surface area (Å²) >= 11 is 5.99. The summed E-state index contributed by atoms with van der Waals surface area (Å²) in [6.45, 7) is 3.51. The molecule has 3 rings (SSSR count). The maximum Gasteiger partial charge on any atom is 0.416 e. The van der Waals surface area contributed by atoms with Gasteiger partial charge >= 0.3 is 6.18 Å². The summed E-state index contributed by atoms with van der Waals surface area (Å²) in [5.41, 5.74) is -0.688. The van der Waals surface area contributed by atoms with Crippen molar-refractivity contribution >= 4 is 38.9 Å². The minimum absolute atomic E-state index is 0.123. The van der Waals surface area contributed by atoms with Gasteiger partial charge < -0.3 is 10.4 Å². The first-order chi connectivity index (χ1) is 15.8. The highest BCUT2D eigenvalue weighted by Crippen LogP contribution is 2.35. The number of rotatable bonds is 6. The van der Waals surface area contributed by atoms with Gasteiger partial charge in [-0.25, -0.2) is 8.42 Å². The molecule has 0 fully saturated rings. The fourth-order valence-corrected chi connectivity index (χ4v) is 4.60. The second kappa shape index (κ2) is 9.55. The number of benzene rings is 3. The summed E-state index contributed by atoms with van der Waals surface area (Å²) in [5.74, 6) is -1.43. The fraction of sp³-hybridized carbons (Fsp3) is 0.174. The van der Waals surface area contributed by atoms with Crippen LogP contribution in [-0.2, 0) is 22.6 Å². The third-order valence-electron chi connectivity index (χ3n) is 4.93. The van der Waals surface area contributed by atoms with Crippen molar-refractivity contribution in [1.29, 1.82) is 0 Å². The van der Waals surface area contributed by atoms with E-state index >= 15 is 0 Å². The third-order valence-corrected chi connectivity index (χ3v) is 6.59. The average molecular weight is 513 g/mol. The molecule has 0 radical (unpaired) electrons. The number of carbonyl (C=O) groups is 1. The topological polar surface area (TPSA) is 95.5 Å². The Hall–Kier alpha value is -3.24. The SMILES string of the molecule is CCc1cc(Cl)cc(C(=O)Nc2cc(C(F)(F)F)ccc2S(=O)(=O)Nc2ccc(C)cc2)c1O. The highest BCUT2D eigenvalue weighted by Gasteiger charge is 2.33. The van der Waals surface area contributed by atoms with Crippen molar-refractivity contribution < 1.29 is 31.5 Å². The lowest BCUT2D eigenvalue weighted by Gasteiger charge is -2.17. The van der Waals surface area contributed by atoms with E-state index in [2.05, 4.69) is 10.0 Å². The molecule has 0 saturated carbocycles. The van der Waals surface area contributed by atoms with Crippen LogP contribution in [0.5, 0.6) is 5.75 Å². The molecular formula is C23H20ClF3N2O4S. The molecule has 0 aliphatic carbocycles. The molecule has 34 heavy (non-hydrogen) atoms. The van der Waals surface area contributed by atoms with E-state index in [0.29, 0.717) is 24.1 Å². The van der Waals surface area contributed by atoms with E-state index in [-0.39, 0.29) is 16.3 Å². The van der Waals surface area contributed by atoms with E-state index in [4.69, 9.17) is 11.6 Å². The fourth-order valence-electron chi connectivity index (χ4n) is 3.16. The monoisotopic (exact) mass is 512 g/mol. The van der Waals surface area contributed by atoms with Crippen LogP contribution >= 0.6 is 11.6 Å². The Kier molecular flexibility index (Phi) is 7.13. The number of phenolic OH excluding ortho intramolecular Hbond substituents is 1. The first kappa shape index (κ1) is 25.4. The summed E-state index contributed by atoms with van der Waals surface area (Å²) in [4.78, 5) is 12.3. The number of hydrogen-bond acceptors (Lipinski definition) is 4. The van der Waals surface area contributed by atoms with Crippen LogP contribution in [0.4, 0.5) is 24.5 Å². The number of alkyl halides is 3. The van der Waals surface area contributed by atoms with E-state index in [9.17, 15) is 31.5 Å². The van der Waals surface area contributed by atoms with Crippen LogP contribution in [-0.4, -0.2) is 19.4 Å². The molecule has 180 valence electrons. The number of hydrogen-bond donors (Lipinski definition) is 3. The first-order valence-corrected chi connectivity index (χ1v) is 11.8. The molecular weight excluding hydrogens is 493 g/mol. The van der Waals surface area contributed by atoms with E-state index in [1.54, 1.807) is 26.0 Å². The minimum atomic E-state index is -4.79. The van der Waals surface area contributed by atoms with Crippen molar-refractivity contribution in [1.82, 2.24) is 0 Å². The number of amides is 1. The van der Waals surface area contributed by atoms with Crippen LogP contribution in [0.1, 0.15) is 34.0 Å². The van der Waals surface area contributed by atoms with Crippen LogP contribution in [0, 0.1) is 6.92 Å². The van der Waals surface area contributed by atoms with Crippen LogP contribution in [0.2, 0.25) is 5.02 Å². The van der Waals surface area contributed by atoms with Crippen molar-refractivity contribution in [2.45, 2.75) is 31.3 Å². The van der Waals surface area contributed by atoms with Crippen molar-refractivity contribution in [2.75, 3.05) is 10.0 Å². The van der Waals surface area contributed by atoms with Gasteiger partial charge in [0.15, 0.2) is 0 Å². The number of carbonyl (C=O) groups excluding carboxylic acids is 1. The molecule has 0 bridgehead atoms. The Bertz CT molecular complexity index is 1340. The molecule has 0 atom stereocenters. The summed E-state index contributed by atoms with van der Waals surface area (Å²) in [7, 11) is -4.40. The molecule has 0 saturated heterocycles. The average Bonchev–Trinajstić information content (AvgIpc) is 2.75. The van der Waals surface area contributed by atoms with Gasteiger partial charge in [0.25, 0.3) is 15.9 Å². The standard InChI is InChI=1S/C23H20ClF3N2O4S/c1-3-14-10-16(24)12-18(21(14)30)22(31)28-19-11-15(23(25,26)27)6-9-20(19)34(32,33)29-17-7-4-13(2)5-8-17/h4-12,29-30H,3H2,1-2H3,(H,28,31). The molecule has 1 amide bonds. The molecule has 0 unspecified atom stereocenters. The van der Waals surface area contributed by atoms with E-state index in [1.165, 1.54) is 18.2 Å². The molecule has 3 aromatic carbocycles. The minimum Gasteiger partial charge on any atom is -0.507 e. The Morgan fingerprint density at radius 1 is 1.06 bits per heavy atom. The van der Waals surface area contributed by atoms with Gasteiger partial charge in [-0.2, -0.15) is 13.2 Å². The number of halogens is 4. The summed E-state index contributed by atoms with van der Waals surface area (Å²) < 4.78 is 68.2. The lowest BCUT2D eigenvalue weighted by molar-refractivity contribution is -0.137. The Morgan fingerprint density at radius 3 is 2.29 bits per heavy atom. The second-order valence-corrected chi connectivity index (χ2v) is 9.54. The molecule has 0 aromatic heterocycles. The zero-order valence-electron chi connectivity index (χ0n) is 18.0. The van der Waals surface area contributed by atoms with Gasteiger partial charge in [-0.05, 0) is 61.4 Å². The van der Waals surface area contributed by atoms with E-state index in [1.807, 2.05) is 0 Å². The first-order valence-electron chi connectivity index (χ1n) is 9.95. The predicted octanol–water partition coefficient (Wildman–Crippen LogP) is 5.99. The second-order valence-electron chi connectivity index (χ2n) is 7.45. The molecule has 11 heteroatoms. The van der Waals surface area contributed by atoms with Crippen molar-refractivity contribution in [3.8, 4) is 5.75 Å². The van der Waals surface area contributed by atoms with Gasteiger partial charge in [0.2, 0.25) is 0 Å². The zero-order chi connectivity index (χ0) is 25.3. The zero-order valence-corrected chi connectivity index (χ0v) is 19.6. The number of anilines is 2. The number of phenols is 1. The maximum atomic E-state index is 13.3. The molecule has 0 spiro atoms. The summed E-state index contributed by atoms with van der Waals surface area (Å²) in [5, 5.41) is 12.7.